The molecular weight excluding hydrogens is 252 g/mol. The number of carboxylic acids is 1. The standard InChI is InChI=1S/C13H16O6/c14-7-8-1-3-10(4-2-8)18-12-6-9(15)5-11(19-12)13(16)17/h1-4,9,11-12,14-15H,5-7H2,(H,16,17). The van der Waals surface area contributed by atoms with Crippen molar-refractivity contribution in [1.29, 1.82) is 0 Å². The molecule has 1 aliphatic heterocycles. The third-order valence-corrected chi connectivity index (χ3v) is 2.92. The summed E-state index contributed by atoms with van der Waals surface area (Å²) in [7, 11) is 0. The number of ether oxygens (including phenoxy) is 2. The highest BCUT2D eigenvalue weighted by molar-refractivity contribution is 5.72. The molecular formula is C13H16O6. The summed E-state index contributed by atoms with van der Waals surface area (Å²) in [6.45, 7) is -0.0555. The zero-order valence-corrected chi connectivity index (χ0v) is 10.2. The van der Waals surface area contributed by atoms with Crippen LogP contribution in [0.3, 0.4) is 0 Å². The van der Waals surface area contributed by atoms with Gasteiger partial charge in [-0.1, -0.05) is 12.1 Å². The molecule has 3 N–H and O–H groups in total. The first-order chi connectivity index (χ1) is 9.08. The first-order valence-electron chi connectivity index (χ1n) is 6.01. The highest BCUT2D eigenvalue weighted by atomic mass is 16.7. The van der Waals surface area contributed by atoms with Gasteiger partial charge in [-0.3, -0.25) is 0 Å². The molecule has 1 heterocycles. The molecule has 1 aromatic carbocycles. The van der Waals surface area contributed by atoms with Crippen LogP contribution in [-0.2, 0) is 16.1 Å². The van der Waals surface area contributed by atoms with Crippen LogP contribution in [0.4, 0.5) is 0 Å². The Morgan fingerprint density at radius 3 is 2.58 bits per heavy atom. The lowest BCUT2D eigenvalue weighted by Gasteiger charge is -2.31. The topological polar surface area (TPSA) is 96.2 Å². The van der Waals surface area contributed by atoms with E-state index in [4.69, 9.17) is 19.7 Å². The van der Waals surface area contributed by atoms with Gasteiger partial charge in [0.15, 0.2) is 6.10 Å². The fourth-order valence-electron chi connectivity index (χ4n) is 1.92. The summed E-state index contributed by atoms with van der Waals surface area (Å²) in [5.41, 5.74) is 0.750. The van der Waals surface area contributed by atoms with Crippen LogP contribution < -0.4 is 4.74 Å². The largest absolute Gasteiger partial charge is 0.479 e. The summed E-state index contributed by atoms with van der Waals surface area (Å²) >= 11 is 0. The van der Waals surface area contributed by atoms with Gasteiger partial charge in [0.05, 0.1) is 12.7 Å². The number of hydrogen-bond acceptors (Lipinski definition) is 5. The summed E-state index contributed by atoms with van der Waals surface area (Å²) < 4.78 is 10.7. The maximum absolute atomic E-state index is 10.9. The van der Waals surface area contributed by atoms with Crippen LogP contribution in [0.1, 0.15) is 18.4 Å². The molecule has 0 bridgehead atoms. The summed E-state index contributed by atoms with van der Waals surface area (Å²) in [6, 6.07) is 6.71. The molecule has 1 aromatic rings. The van der Waals surface area contributed by atoms with E-state index in [2.05, 4.69) is 0 Å². The Labute approximate surface area is 110 Å². The zero-order valence-electron chi connectivity index (χ0n) is 10.2. The minimum absolute atomic E-state index is 0.0555. The predicted octanol–water partition coefficient (Wildman–Crippen LogP) is 0.508. The van der Waals surface area contributed by atoms with Crippen LogP contribution in [0.25, 0.3) is 0 Å². The normalized spacial score (nSPS) is 26.9. The van der Waals surface area contributed by atoms with E-state index < -0.39 is 24.5 Å². The molecule has 104 valence electrons. The molecule has 0 radical (unpaired) electrons. The molecule has 0 aromatic heterocycles. The Morgan fingerprint density at radius 2 is 2.00 bits per heavy atom. The average molecular weight is 268 g/mol. The highest BCUT2D eigenvalue weighted by Gasteiger charge is 2.33. The SMILES string of the molecule is O=C(O)C1CC(O)CC(Oc2ccc(CO)cc2)O1. The number of rotatable bonds is 4. The quantitative estimate of drug-likeness (QED) is 0.736. The summed E-state index contributed by atoms with van der Waals surface area (Å²) in [4.78, 5) is 10.9. The van der Waals surface area contributed by atoms with Gasteiger partial charge in [0.25, 0.3) is 0 Å². The van der Waals surface area contributed by atoms with Crippen molar-refractivity contribution in [1.82, 2.24) is 0 Å². The van der Waals surface area contributed by atoms with Crippen molar-refractivity contribution in [3.63, 3.8) is 0 Å². The number of aliphatic hydroxyl groups excluding tert-OH is 2. The van der Waals surface area contributed by atoms with Crippen LogP contribution in [0.2, 0.25) is 0 Å². The lowest BCUT2D eigenvalue weighted by molar-refractivity contribution is -0.195. The van der Waals surface area contributed by atoms with Crippen molar-refractivity contribution in [2.45, 2.75) is 37.9 Å². The number of aliphatic hydroxyl groups is 2. The van der Waals surface area contributed by atoms with E-state index in [1.807, 2.05) is 0 Å². The minimum Gasteiger partial charge on any atom is -0.479 e. The molecule has 6 heteroatoms. The smallest absolute Gasteiger partial charge is 0.333 e. The second-order valence-corrected chi connectivity index (χ2v) is 4.44. The Bertz CT molecular complexity index is 429. The lowest BCUT2D eigenvalue weighted by atomic mass is 10.1. The minimum atomic E-state index is -1.11. The monoisotopic (exact) mass is 268 g/mol. The van der Waals surface area contributed by atoms with Gasteiger partial charge in [0.2, 0.25) is 6.29 Å². The van der Waals surface area contributed by atoms with Gasteiger partial charge in [-0.15, -0.1) is 0 Å². The van der Waals surface area contributed by atoms with E-state index in [0.29, 0.717) is 5.75 Å². The van der Waals surface area contributed by atoms with Gasteiger partial charge in [0.1, 0.15) is 5.75 Å². The van der Waals surface area contributed by atoms with Crippen molar-refractivity contribution < 1.29 is 29.6 Å². The number of carbonyl (C=O) groups is 1. The third-order valence-electron chi connectivity index (χ3n) is 2.92. The molecule has 3 unspecified atom stereocenters. The summed E-state index contributed by atoms with van der Waals surface area (Å²) in [5.74, 6) is -0.608. The molecule has 1 aliphatic rings. The Balaban J connectivity index is 1.98. The Hall–Kier alpha value is -1.63. The van der Waals surface area contributed by atoms with Gasteiger partial charge in [-0.2, -0.15) is 0 Å². The van der Waals surface area contributed by atoms with Gasteiger partial charge >= 0.3 is 5.97 Å². The van der Waals surface area contributed by atoms with Gasteiger partial charge < -0.3 is 24.8 Å². The molecule has 19 heavy (non-hydrogen) atoms. The number of benzene rings is 1. The van der Waals surface area contributed by atoms with E-state index >= 15 is 0 Å². The molecule has 1 fully saturated rings. The second kappa shape index (κ2) is 6.01. The first-order valence-corrected chi connectivity index (χ1v) is 6.01. The van der Waals surface area contributed by atoms with Crippen LogP contribution in [-0.4, -0.2) is 39.8 Å². The van der Waals surface area contributed by atoms with Crippen LogP contribution >= 0.6 is 0 Å². The predicted molar refractivity (Wildman–Crippen MR) is 64.5 cm³/mol. The maximum atomic E-state index is 10.9. The molecule has 3 atom stereocenters. The van der Waals surface area contributed by atoms with Crippen molar-refractivity contribution in [2.75, 3.05) is 0 Å². The van der Waals surface area contributed by atoms with E-state index in [1.54, 1.807) is 24.3 Å². The van der Waals surface area contributed by atoms with Crippen molar-refractivity contribution >= 4 is 5.97 Å². The van der Waals surface area contributed by atoms with Crippen LogP contribution in [0, 0.1) is 0 Å². The fraction of sp³-hybridized carbons (Fsp3) is 0.462. The lowest BCUT2D eigenvalue weighted by Crippen LogP contribution is -2.42. The third kappa shape index (κ3) is 3.66. The number of aliphatic carboxylic acids is 1. The highest BCUT2D eigenvalue weighted by Crippen LogP contribution is 2.23. The van der Waals surface area contributed by atoms with Gasteiger partial charge in [-0.05, 0) is 17.7 Å². The summed E-state index contributed by atoms with van der Waals surface area (Å²) in [6.07, 6.45) is -2.30. The molecule has 2 rings (SSSR count). The second-order valence-electron chi connectivity index (χ2n) is 4.44. The summed E-state index contributed by atoms with van der Waals surface area (Å²) in [5, 5.41) is 27.4. The van der Waals surface area contributed by atoms with Crippen molar-refractivity contribution in [3.8, 4) is 5.75 Å². The van der Waals surface area contributed by atoms with Gasteiger partial charge in [0, 0.05) is 12.8 Å². The number of hydrogen-bond donors (Lipinski definition) is 3. The van der Waals surface area contributed by atoms with Crippen molar-refractivity contribution in [3.05, 3.63) is 29.8 Å². The maximum Gasteiger partial charge on any atom is 0.333 e. The first kappa shape index (κ1) is 13.8. The van der Waals surface area contributed by atoms with Gasteiger partial charge in [-0.25, -0.2) is 4.79 Å². The van der Waals surface area contributed by atoms with Crippen LogP contribution in [0.15, 0.2) is 24.3 Å². The van der Waals surface area contributed by atoms with Crippen LogP contribution in [0.5, 0.6) is 5.75 Å². The molecule has 0 spiro atoms. The fourth-order valence-corrected chi connectivity index (χ4v) is 1.92. The zero-order chi connectivity index (χ0) is 13.8. The van der Waals surface area contributed by atoms with E-state index in [0.717, 1.165) is 5.56 Å². The Kier molecular flexibility index (Phi) is 4.36. The van der Waals surface area contributed by atoms with E-state index in [-0.39, 0.29) is 19.4 Å². The molecule has 0 saturated carbocycles. The molecule has 0 aliphatic carbocycles. The molecule has 1 saturated heterocycles. The average Bonchev–Trinajstić information content (AvgIpc) is 2.39. The Morgan fingerprint density at radius 1 is 1.32 bits per heavy atom. The number of carboxylic acid groups (broad SMARTS) is 1. The molecule has 6 nitrogen and oxygen atoms in total. The van der Waals surface area contributed by atoms with Crippen molar-refractivity contribution in [2.24, 2.45) is 0 Å². The molecule has 0 amide bonds. The van der Waals surface area contributed by atoms with E-state index in [9.17, 15) is 9.90 Å². The van der Waals surface area contributed by atoms with E-state index in [1.165, 1.54) is 0 Å².